The largest absolute Gasteiger partial charge is 0.353 e. The maximum absolute atomic E-state index is 5.53. The van der Waals surface area contributed by atoms with Crippen molar-refractivity contribution in [3.63, 3.8) is 0 Å². The molecular formula is C13H27N5. The zero-order valence-corrected chi connectivity index (χ0v) is 11.5. The molecule has 0 radical (unpaired) electrons. The molecule has 1 saturated carbocycles. The van der Waals surface area contributed by atoms with E-state index in [9.17, 15) is 0 Å². The van der Waals surface area contributed by atoms with Gasteiger partial charge in [-0.1, -0.05) is 12.8 Å². The number of aliphatic imine (C=N–C) groups is 1. The molecule has 0 bridgehead atoms. The Bertz CT molecular complexity index is 267. The van der Waals surface area contributed by atoms with Crippen molar-refractivity contribution in [3.8, 4) is 0 Å². The van der Waals surface area contributed by atoms with Gasteiger partial charge in [-0.2, -0.15) is 0 Å². The van der Waals surface area contributed by atoms with E-state index in [2.05, 4.69) is 27.6 Å². The third-order valence-electron chi connectivity index (χ3n) is 4.11. The number of hydrogen-bond acceptors (Lipinski definition) is 3. The summed E-state index contributed by atoms with van der Waals surface area (Å²) in [5.41, 5.74) is 2.70. The Kier molecular flexibility index (Phi) is 5.26. The molecule has 1 heterocycles. The van der Waals surface area contributed by atoms with E-state index in [1.165, 1.54) is 51.6 Å². The molecule has 0 spiro atoms. The second kappa shape index (κ2) is 6.95. The van der Waals surface area contributed by atoms with Crippen molar-refractivity contribution in [1.82, 2.24) is 15.6 Å². The van der Waals surface area contributed by atoms with E-state index in [0.717, 1.165) is 12.5 Å². The number of hydrazine groups is 1. The zero-order valence-electron chi connectivity index (χ0n) is 11.5. The second-order valence-corrected chi connectivity index (χ2v) is 5.55. The molecule has 2 rings (SSSR count). The van der Waals surface area contributed by atoms with E-state index in [1.54, 1.807) is 0 Å². The number of likely N-dealkylation sites (tertiary alicyclic amines) is 1. The predicted molar refractivity (Wildman–Crippen MR) is 75.3 cm³/mol. The van der Waals surface area contributed by atoms with Gasteiger partial charge in [0.25, 0.3) is 0 Å². The van der Waals surface area contributed by atoms with Crippen LogP contribution in [0.4, 0.5) is 0 Å². The van der Waals surface area contributed by atoms with Gasteiger partial charge in [0.15, 0.2) is 0 Å². The number of nitrogens with two attached hydrogens (primary N) is 1. The van der Waals surface area contributed by atoms with E-state index in [4.69, 9.17) is 5.84 Å². The first-order valence-electron chi connectivity index (χ1n) is 7.31. The lowest BCUT2D eigenvalue weighted by atomic mass is 10.2. The van der Waals surface area contributed by atoms with Crippen molar-refractivity contribution in [2.45, 2.75) is 57.5 Å². The van der Waals surface area contributed by atoms with Crippen LogP contribution in [0.1, 0.15) is 45.4 Å². The minimum absolute atomic E-state index is 0.515. The quantitative estimate of drug-likeness (QED) is 0.300. The molecule has 0 aromatic heterocycles. The van der Waals surface area contributed by atoms with Crippen LogP contribution in [0.3, 0.4) is 0 Å². The van der Waals surface area contributed by atoms with Crippen molar-refractivity contribution in [2.24, 2.45) is 10.8 Å². The average Bonchev–Trinajstić information content (AvgIpc) is 3.06. The molecule has 1 atom stereocenters. The van der Waals surface area contributed by atoms with Crippen LogP contribution < -0.4 is 16.6 Å². The first-order valence-corrected chi connectivity index (χ1v) is 7.31. The highest BCUT2D eigenvalue weighted by atomic mass is 15.3. The van der Waals surface area contributed by atoms with E-state index in [0.29, 0.717) is 12.1 Å². The molecule has 1 aliphatic carbocycles. The Morgan fingerprint density at radius 1 is 1.28 bits per heavy atom. The molecule has 5 heteroatoms. The second-order valence-electron chi connectivity index (χ2n) is 5.55. The van der Waals surface area contributed by atoms with E-state index in [-0.39, 0.29) is 0 Å². The minimum Gasteiger partial charge on any atom is -0.353 e. The van der Waals surface area contributed by atoms with E-state index in [1.807, 2.05) is 0 Å². The first kappa shape index (κ1) is 13.6. The van der Waals surface area contributed by atoms with Gasteiger partial charge in [-0.25, -0.2) is 5.84 Å². The zero-order chi connectivity index (χ0) is 12.8. The number of rotatable bonds is 4. The molecule has 1 unspecified atom stereocenters. The summed E-state index contributed by atoms with van der Waals surface area (Å²) in [5.74, 6) is 6.29. The Morgan fingerprint density at radius 3 is 2.56 bits per heavy atom. The molecular weight excluding hydrogens is 226 g/mol. The monoisotopic (exact) mass is 253 g/mol. The van der Waals surface area contributed by atoms with E-state index < -0.39 is 0 Å². The summed E-state index contributed by atoms with van der Waals surface area (Å²) in [6.45, 7) is 5.51. The Hall–Kier alpha value is -0.810. The van der Waals surface area contributed by atoms with Crippen LogP contribution in [0.2, 0.25) is 0 Å². The lowest BCUT2D eigenvalue weighted by molar-refractivity contribution is 0.265. The normalized spacial score (nSPS) is 24.4. The van der Waals surface area contributed by atoms with Gasteiger partial charge >= 0.3 is 0 Å². The summed E-state index contributed by atoms with van der Waals surface area (Å²) in [6, 6.07) is 1.07. The lowest BCUT2D eigenvalue weighted by Crippen LogP contribution is -2.46. The van der Waals surface area contributed by atoms with Crippen molar-refractivity contribution in [1.29, 1.82) is 0 Å². The van der Waals surface area contributed by atoms with Crippen LogP contribution >= 0.6 is 0 Å². The summed E-state index contributed by atoms with van der Waals surface area (Å²) < 4.78 is 0. The van der Waals surface area contributed by atoms with Crippen LogP contribution in [0.25, 0.3) is 0 Å². The number of nitrogens with one attached hydrogen (secondary N) is 2. The first-order chi connectivity index (χ1) is 8.79. The fraction of sp³-hybridized carbons (Fsp3) is 0.923. The molecule has 2 fully saturated rings. The molecule has 0 aromatic rings. The van der Waals surface area contributed by atoms with Crippen molar-refractivity contribution < 1.29 is 0 Å². The molecule has 1 saturated heterocycles. The highest BCUT2D eigenvalue weighted by molar-refractivity contribution is 5.79. The van der Waals surface area contributed by atoms with Gasteiger partial charge in [0.1, 0.15) is 0 Å². The highest BCUT2D eigenvalue weighted by Gasteiger charge is 2.18. The van der Waals surface area contributed by atoms with Gasteiger partial charge in [-0.3, -0.25) is 15.3 Å². The topological polar surface area (TPSA) is 65.7 Å². The summed E-state index contributed by atoms with van der Waals surface area (Å²) in [5, 5.41) is 3.41. The van der Waals surface area contributed by atoms with E-state index >= 15 is 0 Å². The standard InChI is InChI=1S/C13H27N5/c1-11(18-8-4-5-9-18)10-15-13(17-14)16-12-6-2-3-7-12/h11-12H,2-10,14H2,1H3,(H2,15,16,17). The number of nitrogens with zero attached hydrogens (tertiary/aromatic N) is 2. The highest BCUT2D eigenvalue weighted by Crippen LogP contribution is 2.17. The van der Waals surface area contributed by atoms with Crippen molar-refractivity contribution in [3.05, 3.63) is 0 Å². The smallest absolute Gasteiger partial charge is 0.206 e. The van der Waals surface area contributed by atoms with Crippen LogP contribution in [-0.4, -0.2) is 42.6 Å². The summed E-state index contributed by atoms with van der Waals surface area (Å²) in [4.78, 5) is 7.09. The van der Waals surface area contributed by atoms with Crippen LogP contribution in [0, 0.1) is 0 Å². The van der Waals surface area contributed by atoms with Crippen LogP contribution in [0.15, 0.2) is 4.99 Å². The molecule has 4 N–H and O–H groups in total. The molecule has 0 amide bonds. The average molecular weight is 253 g/mol. The fourth-order valence-electron chi connectivity index (χ4n) is 2.92. The maximum Gasteiger partial charge on any atom is 0.206 e. The van der Waals surface area contributed by atoms with Crippen molar-refractivity contribution in [2.75, 3.05) is 19.6 Å². The maximum atomic E-state index is 5.53. The summed E-state index contributed by atoms with van der Waals surface area (Å²) in [6.07, 6.45) is 7.77. The molecule has 1 aliphatic heterocycles. The van der Waals surface area contributed by atoms with Gasteiger partial charge in [-0.15, -0.1) is 0 Å². The molecule has 2 aliphatic rings. The number of guanidine groups is 1. The summed E-state index contributed by atoms with van der Waals surface area (Å²) in [7, 11) is 0. The third-order valence-corrected chi connectivity index (χ3v) is 4.11. The molecule has 0 aromatic carbocycles. The Morgan fingerprint density at radius 2 is 1.94 bits per heavy atom. The summed E-state index contributed by atoms with van der Waals surface area (Å²) >= 11 is 0. The van der Waals surface area contributed by atoms with Gasteiger partial charge in [0.2, 0.25) is 5.96 Å². The third kappa shape index (κ3) is 3.85. The van der Waals surface area contributed by atoms with Gasteiger partial charge in [0, 0.05) is 12.1 Å². The lowest BCUT2D eigenvalue weighted by Gasteiger charge is -2.22. The SMILES string of the molecule is CC(CN=C(NN)NC1CCCC1)N1CCCC1. The Labute approximate surface area is 110 Å². The van der Waals surface area contributed by atoms with Crippen LogP contribution in [-0.2, 0) is 0 Å². The number of hydrogen-bond donors (Lipinski definition) is 3. The minimum atomic E-state index is 0.515. The van der Waals surface area contributed by atoms with Gasteiger partial charge < -0.3 is 5.32 Å². The van der Waals surface area contributed by atoms with Crippen LogP contribution in [0.5, 0.6) is 0 Å². The molecule has 5 nitrogen and oxygen atoms in total. The van der Waals surface area contributed by atoms with Gasteiger partial charge in [-0.05, 0) is 45.7 Å². The molecule has 104 valence electrons. The Balaban J connectivity index is 1.76. The van der Waals surface area contributed by atoms with Crippen molar-refractivity contribution >= 4 is 5.96 Å². The van der Waals surface area contributed by atoms with Gasteiger partial charge in [0.05, 0.1) is 6.54 Å². The predicted octanol–water partition coefficient (Wildman–Crippen LogP) is 0.822. The fourth-order valence-corrected chi connectivity index (χ4v) is 2.92. The molecule has 18 heavy (non-hydrogen) atoms.